The molecule has 0 aliphatic carbocycles. The Bertz CT molecular complexity index is 383. The lowest BCUT2D eigenvalue weighted by molar-refractivity contribution is -0.118. The number of hydrogen-bond acceptors (Lipinski definition) is 2. The first kappa shape index (κ1) is 14.1. The number of piperidine rings is 1. The van der Waals surface area contributed by atoms with Gasteiger partial charge in [-0.05, 0) is 50.3 Å². The monoisotopic (exact) mass is 260 g/mol. The summed E-state index contributed by atoms with van der Waals surface area (Å²) in [7, 11) is 0. The van der Waals surface area contributed by atoms with Crippen molar-refractivity contribution in [2.24, 2.45) is 11.7 Å². The highest BCUT2D eigenvalue weighted by Crippen LogP contribution is 2.23. The number of carbonyl (C=O) groups is 1. The zero-order valence-corrected chi connectivity index (χ0v) is 11.6. The van der Waals surface area contributed by atoms with Crippen LogP contribution < -0.4 is 5.73 Å². The van der Waals surface area contributed by atoms with E-state index < -0.39 is 0 Å². The summed E-state index contributed by atoms with van der Waals surface area (Å²) in [6.45, 7) is 3.42. The van der Waals surface area contributed by atoms with E-state index in [0.717, 1.165) is 25.3 Å². The Kier molecular flexibility index (Phi) is 5.40. The number of rotatable bonds is 6. The topological polar surface area (TPSA) is 46.3 Å². The number of nitrogens with zero attached hydrogens (tertiary/aromatic N) is 1. The lowest BCUT2D eigenvalue weighted by Crippen LogP contribution is -2.33. The Morgan fingerprint density at radius 3 is 2.53 bits per heavy atom. The summed E-state index contributed by atoms with van der Waals surface area (Å²) in [5.74, 6) is 0.618. The highest BCUT2D eigenvalue weighted by molar-refractivity contribution is 5.73. The second-order valence-corrected chi connectivity index (χ2v) is 5.56. The summed E-state index contributed by atoms with van der Waals surface area (Å²) in [5, 5.41) is 0. The van der Waals surface area contributed by atoms with Gasteiger partial charge in [0.05, 0.1) is 0 Å². The molecule has 1 aliphatic heterocycles. The third-order valence-corrected chi connectivity index (χ3v) is 3.99. The van der Waals surface area contributed by atoms with Crippen LogP contribution in [0.4, 0.5) is 0 Å². The van der Waals surface area contributed by atoms with Crippen molar-refractivity contribution < 1.29 is 4.79 Å². The number of carbonyl (C=O) groups excluding carboxylic acids is 1. The van der Waals surface area contributed by atoms with E-state index in [4.69, 9.17) is 5.73 Å². The van der Waals surface area contributed by atoms with Gasteiger partial charge in [0.15, 0.2) is 0 Å². The van der Waals surface area contributed by atoms with Gasteiger partial charge in [-0.25, -0.2) is 0 Å². The molecule has 1 aromatic carbocycles. The molecule has 0 saturated carbocycles. The van der Waals surface area contributed by atoms with Gasteiger partial charge in [-0.1, -0.05) is 30.3 Å². The number of hydrogen-bond donors (Lipinski definition) is 1. The zero-order chi connectivity index (χ0) is 13.5. The lowest BCUT2D eigenvalue weighted by Gasteiger charge is -2.32. The van der Waals surface area contributed by atoms with Crippen LogP contribution in [0.2, 0.25) is 0 Å². The van der Waals surface area contributed by atoms with Crippen LogP contribution in [0.25, 0.3) is 0 Å². The maximum Gasteiger partial charge on any atom is 0.217 e. The maximum atomic E-state index is 10.7. The molecule has 1 fully saturated rings. The highest BCUT2D eigenvalue weighted by atomic mass is 16.1. The van der Waals surface area contributed by atoms with E-state index in [1.807, 2.05) is 0 Å². The van der Waals surface area contributed by atoms with Gasteiger partial charge in [-0.2, -0.15) is 0 Å². The summed E-state index contributed by atoms with van der Waals surface area (Å²) in [6, 6.07) is 10.7. The van der Waals surface area contributed by atoms with Crippen molar-refractivity contribution in [3.05, 3.63) is 35.9 Å². The molecule has 0 unspecified atom stereocenters. The molecule has 2 rings (SSSR count). The molecule has 3 heteroatoms. The van der Waals surface area contributed by atoms with E-state index in [-0.39, 0.29) is 5.91 Å². The van der Waals surface area contributed by atoms with E-state index in [0.29, 0.717) is 6.42 Å². The summed E-state index contributed by atoms with van der Waals surface area (Å²) in [4.78, 5) is 13.2. The van der Waals surface area contributed by atoms with Crippen molar-refractivity contribution in [3.8, 4) is 0 Å². The van der Waals surface area contributed by atoms with Crippen molar-refractivity contribution in [2.45, 2.75) is 38.6 Å². The molecular formula is C16H24N2O. The minimum Gasteiger partial charge on any atom is -0.370 e. The van der Waals surface area contributed by atoms with Crippen LogP contribution in [0.5, 0.6) is 0 Å². The van der Waals surface area contributed by atoms with Gasteiger partial charge in [0.2, 0.25) is 5.91 Å². The number of likely N-dealkylation sites (tertiary alicyclic amines) is 1. The Morgan fingerprint density at radius 1 is 1.21 bits per heavy atom. The van der Waals surface area contributed by atoms with Crippen LogP contribution in [0.3, 0.4) is 0 Å². The average molecular weight is 260 g/mol. The molecule has 0 radical (unpaired) electrons. The van der Waals surface area contributed by atoms with Gasteiger partial charge in [0.1, 0.15) is 0 Å². The fraction of sp³-hybridized carbons (Fsp3) is 0.562. The SMILES string of the molecule is NC(=O)CCCC1CCN(Cc2ccccc2)CC1. The van der Waals surface area contributed by atoms with Crippen molar-refractivity contribution in [3.63, 3.8) is 0 Å². The summed E-state index contributed by atoms with van der Waals surface area (Å²) in [5.41, 5.74) is 6.57. The van der Waals surface area contributed by atoms with Crippen molar-refractivity contribution in [1.29, 1.82) is 0 Å². The van der Waals surface area contributed by atoms with Crippen LogP contribution in [0, 0.1) is 5.92 Å². The Hall–Kier alpha value is -1.35. The van der Waals surface area contributed by atoms with E-state index in [9.17, 15) is 4.79 Å². The number of primary amides is 1. The Labute approximate surface area is 115 Å². The second kappa shape index (κ2) is 7.29. The maximum absolute atomic E-state index is 10.7. The summed E-state index contributed by atoms with van der Waals surface area (Å²) in [6.07, 6.45) is 5.17. The zero-order valence-electron chi connectivity index (χ0n) is 11.6. The molecule has 0 bridgehead atoms. The molecule has 1 aromatic rings. The van der Waals surface area contributed by atoms with Gasteiger partial charge >= 0.3 is 0 Å². The second-order valence-electron chi connectivity index (χ2n) is 5.56. The van der Waals surface area contributed by atoms with Crippen molar-refractivity contribution >= 4 is 5.91 Å². The fourth-order valence-electron chi connectivity index (χ4n) is 2.84. The van der Waals surface area contributed by atoms with Gasteiger partial charge in [-0.15, -0.1) is 0 Å². The largest absolute Gasteiger partial charge is 0.370 e. The third-order valence-electron chi connectivity index (χ3n) is 3.99. The van der Waals surface area contributed by atoms with Gasteiger partial charge in [0, 0.05) is 13.0 Å². The first-order chi connectivity index (χ1) is 9.24. The smallest absolute Gasteiger partial charge is 0.217 e. The first-order valence-corrected chi connectivity index (χ1v) is 7.28. The molecule has 104 valence electrons. The van der Waals surface area contributed by atoms with E-state index in [1.165, 1.54) is 31.5 Å². The quantitative estimate of drug-likeness (QED) is 0.854. The van der Waals surface area contributed by atoms with Crippen LogP contribution in [0.15, 0.2) is 30.3 Å². The van der Waals surface area contributed by atoms with Gasteiger partial charge < -0.3 is 5.73 Å². The predicted molar refractivity (Wildman–Crippen MR) is 77.5 cm³/mol. The molecule has 1 aliphatic rings. The molecule has 1 heterocycles. The summed E-state index contributed by atoms with van der Waals surface area (Å²) >= 11 is 0. The molecule has 0 aromatic heterocycles. The number of nitrogens with two attached hydrogens (primary N) is 1. The lowest BCUT2D eigenvalue weighted by atomic mass is 9.91. The van der Waals surface area contributed by atoms with Gasteiger partial charge in [0.25, 0.3) is 0 Å². The molecule has 0 spiro atoms. The standard InChI is InChI=1S/C16H24N2O/c17-16(19)8-4-7-14-9-11-18(12-10-14)13-15-5-2-1-3-6-15/h1-3,5-6,14H,4,7-13H2,(H2,17,19). The Morgan fingerprint density at radius 2 is 1.89 bits per heavy atom. The van der Waals surface area contributed by atoms with E-state index in [1.54, 1.807) is 0 Å². The van der Waals surface area contributed by atoms with Gasteiger partial charge in [-0.3, -0.25) is 9.69 Å². The van der Waals surface area contributed by atoms with Crippen LogP contribution >= 0.6 is 0 Å². The third kappa shape index (κ3) is 5.03. The van der Waals surface area contributed by atoms with Crippen LogP contribution in [-0.4, -0.2) is 23.9 Å². The molecular weight excluding hydrogens is 236 g/mol. The highest BCUT2D eigenvalue weighted by Gasteiger charge is 2.18. The minimum absolute atomic E-state index is 0.165. The number of benzene rings is 1. The molecule has 19 heavy (non-hydrogen) atoms. The molecule has 1 amide bonds. The molecule has 0 atom stereocenters. The van der Waals surface area contributed by atoms with Crippen LogP contribution in [-0.2, 0) is 11.3 Å². The fourth-order valence-corrected chi connectivity index (χ4v) is 2.84. The molecule has 1 saturated heterocycles. The summed E-state index contributed by atoms with van der Waals surface area (Å²) < 4.78 is 0. The van der Waals surface area contributed by atoms with E-state index in [2.05, 4.69) is 35.2 Å². The molecule has 2 N–H and O–H groups in total. The average Bonchev–Trinajstić information content (AvgIpc) is 2.42. The first-order valence-electron chi connectivity index (χ1n) is 7.28. The van der Waals surface area contributed by atoms with Crippen LogP contribution in [0.1, 0.15) is 37.7 Å². The minimum atomic E-state index is -0.165. The predicted octanol–water partition coefficient (Wildman–Crippen LogP) is 2.55. The Balaban J connectivity index is 1.66. The van der Waals surface area contributed by atoms with Crippen molar-refractivity contribution in [1.82, 2.24) is 4.90 Å². The number of amides is 1. The molecule has 3 nitrogen and oxygen atoms in total. The normalized spacial score (nSPS) is 17.5. The van der Waals surface area contributed by atoms with E-state index >= 15 is 0 Å². The van der Waals surface area contributed by atoms with Crippen molar-refractivity contribution in [2.75, 3.05) is 13.1 Å².